The summed E-state index contributed by atoms with van der Waals surface area (Å²) < 4.78 is -0.645. The van der Waals surface area contributed by atoms with Crippen LogP contribution in [0.15, 0.2) is 28.3 Å². The van der Waals surface area contributed by atoms with Crippen molar-refractivity contribution in [3.63, 3.8) is 0 Å². The third-order valence-electron chi connectivity index (χ3n) is 5.61. The molecule has 1 aromatic carbocycles. The summed E-state index contributed by atoms with van der Waals surface area (Å²) in [6.45, 7) is 5.95. The van der Waals surface area contributed by atoms with Gasteiger partial charge in [-0.25, -0.2) is 0 Å². The molecule has 28 heavy (non-hydrogen) atoms. The van der Waals surface area contributed by atoms with Crippen LogP contribution in [0.2, 0.25) is 0 Å². The van der Waals surface area contributed by atoms with Crippen molar-refractivity contribution in [2.45, 2.75) is 40.8 Å². The van der Waals surface area contributed by atoms with Crippen LogP contribution in [0.25, 0.3) is 5.69 Å². The van der Waals surface area contributed by atoms with Crippen molar-refractivity contribution >= 4 is 69.6 Å². The van der Waals surface area contributed by atoms with Crippen LogP contribution in [0.1, 0.15) is 42.0 Å². The van der Waals surface area contributed by atoms with E-state index in [2.05, 4.69) is 0 Å². The average molecular weight is 502 g/mol. The molecule has 0 amide bonds. The molecule has 0 saturated carbocycles. The van der Waals surface area contributed by atoms with Gasteiger partial charge in [-0.3, -0.25) is 4.57 Å². The van der Waals surface area contributed by atoms with E-state index in [0.29, 0.717) is 5.69 Å². The van der Waals surface area contributed by atoms with Crippen LogP contribution in [0.3, 0.4) is 0 Å². The van der Waals surface area contributed by atoms with Gasteiger partial charge in [-0.05, 0) is 30.0 Å². The third kappa shape index (κ3) is 2.06. The number of aromatic nitrogens is 1. The monoisotopic (exact) mass is 499 g/mol. The lowest BCUT2D eigenvalue weighted by Gasteiger charge is -2.32. The van der Waals surface area contributed by atoms with E-state index in [0.717, 1.165) is 11.1 Å². The zero-order valence-corrected chi connectivity index (χ0v) is 19.5. The molecular formula is C19H15Cl6NO2. The first kappa shape index (κ1) is 20.8. The maximum Gasteiger partial charge on any atom is 0.204 e. The van der Waals surface area contributed by atoms with Gasteiger partial charge in [0.15, 0.2) is 4.33 Å². The number of hydrogen-bond donors (Lipinski definition) is 2. The second-order valence-corrected chi connectivity index (χ2v) is 10.7. The van der Waals surface area contributed by atoms with Crippen LogP contribution in [0.5, 0.6) is 11.8 Å². The third-order valence-corrected chi connectivity index (χ3v) is 9.69. The van der Waals surface area contributed by atoms with Gasteiger partial charge in [0.1, 0.15) is 9.75 Å². The maximum absolute atomic E-state index is 11.1. The number of nitrogens with zero attached hydrogens (tertiary/aromatic N) is 1. The number of benzene rings is 1. The van der Waals surface area contributed by atoms with E-state index in [1.165, 1.54) is 4.57 Å². The zero-order valence-electron chi connectivity index (χ0n) is 14.9. The quantitative estimate of drug-likeness (QED) is 0.432. The second-order valence-electron chi connectivity index (χ2n) is 7.45. The molecule has 2 aliphatic rings. The summed E-state index contributed by atoms with van der Waals surface area (Å²) in [4.78, 5) is -3.61. The highest BCUT2D eigenvalue weighted by atomic mass is 35.5. The predicted octanol–water partition coefficient (Wildman–Crippen LogP) is 7.08. The summed E-state index contributed by atoms with van der Waals surface area (Å²) >= 11 is 39.2. The van der Waals surface area contributed by atoms with E-state index in [9.17, 15) is 10.2 Å². The summed E-state index contributed by atoms with van der Waals surface area (Å²) in [5.74, 6) is -0.450. The maximum atomic E-state index is 11.1. The van der Waals surface area contributed by atoms with Gasteiger partial charge in [0, 0.05) is 0 Å². The van der Waals surface area contributed by atoms with Crippen molar-refractivity contribution in [2.75, 3.05) is 0 Å². The highest BCUT2D eigenvalue weighted by Crippen LogP contribution is 2.80. The Kier molecular flexibility index (Phi) is 4.51. The van der Waals surface area contributed by atoms with Gasteiger partial charge in [0.2, 0.25) is 11.8 Å². The minimum absolute atomic E-state index is 0.0513. The zero-order chi connectivity index (χ0) is 21.0. The van der Waals surface area contributed by atoms with Crippen molar-refractivity contribution in [3.05, 3.63) is 50.5 Å². The lowest BCUT2D eigenvalue weighted by molar-refractivity contribution is 0.390. The Bertz CT molecular complexity index is 1020. The van der Waals surface area contributed by atoms with Gasteiger partial charge in [-0.15, -0.1) is 23.2 Å². The standard InChI is InChI=1S/C19H15Cl6NO2/c1-7(2)9-5-4-8(3)10(6-9)26-15(27)11-12(16(26)28)18(23)14(21)13(20)17(11,22)19(18,24)25/h4-7,27-28H,1-3H3/t17-,18+. The Morgan fingerprint density at radius 2 is 1.36 bits per heavy atom. The highest BCUT2D eigenvalue weighted by molar-refractivity contribution is 6.65. The minimum Gasteiger partial charge on any atom is -0.494 e. The summed E-state index contributed by atoms with van der Waals surface area (Å²) in [5.41, 5.74) is 2.51. The molecule has 9 heteroatoms. The van der Waals surface area contributed by atoms with E-state index >= 15 is 0 Å². The Morgan fingerprint density at radius 3 is 1.79 bits per heavy atom. The number of aryl methyl sites for hydroxylation is 1. The smallest absolute Gasteiger partial charge is 0.204 e. The van der Waals surface area contributed by atoms with Crippen LogP contribution in [0.4, 0.5) is 0 Å². The van der Waals surface area contributed by atoms with Crippen molar-refractivity contribution in [1.29, 1.82) is 0 Å². The van der Waals surface area contributed by atoms with E-state index in [1.54, 1.807) is 0 Å². The van der Waals surface area contributed by atoms with E-state index < -0.39 is 14.1 Å². The Balaban J connectivity index is 2.08. The van der Waals surface area contributed by atoms with Crippen molar-refractivity contribution < 1.29 is 10.2 Å². The Labute approximate surface area is 192 Å². The number of allylic oxidation sites excluding steroid dienone is 2. The van der Waals surface area contributed by atoms with Gasteiger partial charge >= 0.3 is 0 Å². The van der Waals surface area contributed by atoms with Gasteiger partial charge in [-0.2, -0.15) is 0 Å². The lowest BCUT2D eigenvalue weighted by Crippen LogP contribution is -2.40. The number of aromatic hydroxyl groups is 2. The van der Waals surface area contributed by atoms with Crippen molar-refractivity contribution in [2.24, 2.45) is 0 Å². The van der Waals surface area contributed by atoms with E-state index in [1.807, 2.05) is 39.0 Å². The van der Waals surface area contributed by atoms with Gasteiger partial charge in [-0.1, -0.05) is 72.4 Å². The summed E-state index contributed by atoms with van der Waals surface area (Å²) in [7, 11) is 0. The fourth-order valence-electron chi connectivity index (χ4n) is 4.00. The second kappa shape index (κ2) is 6.06. The summed E-state index contributed by atoms with van der Waals surface area (Å²) in [6, 6.07) is 5.77. The SMILES string of the molecule is Cc1ccc(C(C)C)cc1-n1c(O)c2c(c1O)[C@@]1(Cl)C(Cl)=C(Cl)[C@]2(Cl)C1(Cl)Cl. The molecular weight excluding hydrogens is 487 g/mol. The first-order chi connectivity index (χ1) is 12.8. The average Bonchev–Trinajstić information content (AvgIpc) is 3.00. The van der Waals surface area contributed by atoms with E-state index in [4.69, 9.17) is 69.6 Å². The number of halogens is 6. The molecule has 2 N–H and O–H groups in total. The molecule has 1 aromatic heterocycles. The molecule has 3 nitrogen and oxygen atoms in total. The highest BCUT2D eigenvalue weighted by Gasteiger charge is 2.80. The molecule has 0 saturated heterocycles. The van der Waals surface area contributed by atoms with Gasteiger partial charge in [0.05, 0.1) is 26.9 Å². The number of hydrogen-bond acceptors (Lipinski definition) is 2. The van der Waals surface area contributed by atoms with Crippen LogP contribution in [0, 0.1) is 6.92 Å². The van der Waals surface area contributed by atoms with Crippen LogP contribution >= 0.6 is 69.6 Å². The molecule has 2 bridgehead atoms. The molecule has 0 fully saturated rings. The van der Waals surface area contributed by atoms with Crippen molar-refractivity contribution in [1.82, 2.24) is 4.57 Å². The fourth-order valence-corrected chi connectivity index (χ4v) is 6.68. The summed E-state index contributed by atoms with van der Waals surface area (Å²) in [6.07, 6.45) is 0. The Morgan fingerprint density at radius 1 is 0.893 bits per heavy atom. The largest absolute Gasteiger partial charge is 0.494 e. The molecule has 0 spiro atoms. The lowest BCUT2D eigenvalue weighted by atomic mass is 10.00. The molecule has 2 aromatic rings. The molecule has 4 rings (SSSR count). The predicted molar refractivity (Wildman–Crippen MR) is 116 cm³/mol. The normalized spacial score (nSPS) is 27.8. The van der Waals surface area contributed by atoms with Crippen LogP contribution in [-0.2, 0) is 9.75 Å². The van der Waals surface area contributed by atoms with Crippen LogP contribution in [-0.4, -0.2) is 19.1 Å². The van der Waals surface area contributed by atoms with Gasteiger partial charge < -0.3 is 10.2 Å². The first-order valence-corrected chi connectivity index (χ1v) is 10.7. The number of fused-ring (bicyclic) bond motifs is 5. The molecule has 2 aliphatic carbocycles. The van der Waals surface area contributed by atoms with E-state index in [-0.39, 0.29) is 38.9 Å². The molecule has 1 heterocycles. The molecule has 0 aliphatic heterocycles. The number of alkyl halides is 4. The van der Waals surface area contributed by atoms with Crippen LogP contribution < -0.4 is 0 Å². The topological polar surface area (TPSA) is 45.4 Å². The Hall–Kier alpha value is -0.420. The fraction of sp³-hybridized carbons (Fsp3) is 0.368. The summed E-state index contributed by atoms with van der Waals surface area (Å²) in [5, 5.41) is 22.0. The minimum atomic E-state index is -1.91. The molecule has 0 radical (unpaired) electrons. The first-order valence-electron chi connectivity index (χ1n) is 8.43. The number of rotatable bonds is 2. The molecule has 2 atom stereocenters. The van der Waals surface area contributed by atoms with Crippen molar-refractivity contribution in [3.8, 4) is 17.4 Å². The molecule has 150 valence electrons. The molecule has 0 unspecified atom stereocenters. The van der Waals surface area contributed by atoms with Gasteiger partial charge in [0.25, 0.3) is 0 Å².